The number of nitrogens with one attached hydrogen (secondary N) is 2. The first-order valence-corrected chi connectivity index (χ1v) is 8.05. The number of amides is 3. The Morgan fingerprint density at radius 2 is 2.00 bits per heavy atom. The van der Waals surface area contributed by atoms with Crippen molar-refractivity contribution >= 4 is 29.2 Å². The third-order valence-electron chi connectivity index (χ3n) is 3.84. The highest BCUT2D eigenvalue weighted by atomic mass is 35.5. The van der Waals surface area contributed by atoms with Crippen molar-refractivity contribution in [1.82, 2.24) is 10.2 Å². The lowest BCUT2D eigenvalue weighted by Gasteiger charge is -2.19. The highest BCUT2D eigenvalue weighted by molar-refractivity contribution is 6.31. The van der Waals surface area contributed by atoms with Crippen molar-refractivity contribution in [2.45, 2.75) is 39.2 Å². The maximum Gasteiger partial charge on any atom is 0.319 e. The molecule has 0 saturated carbocycles. The lowest BCUT2D eigenvalue weighted by Crippen LogP contribution is -2.36. The number of rotatable bonds is 4. The van der Waals surface area contributed by atoms with Crippen LogP contribution in [0, 0.1) is 0 Å². The second-order valence-corrected chi connectivity index (χ2v) is 6.03. The molecule has 1 aliphatic rings. The zero-order chi connectivity index (χ0) is 16.1. The van der Waals surface area contributed by atoms with Gasteiger partial charge < -0.3 is 15.5 Å². The Bertz CT molecular complexity index is 556. The standard InChI is InChI=1S/C16H22ClN3O2/c1-3-11(2)18-16(22)19-14-7-6-12(17)10-13(14)15(21)20-8-4-5-9-20/h6-7,10-11H,3-5,8-9H2,1-2H3,(H2,18,19,22)/t11-/m1/s1. The van der Waals surface area contributed by atoms with Gasteiger partial charge in [0, 0.05) is 24.2 Å². The maximum atomic E-state index is 12.6. The Hall–Kier alpha value is -1.75. The van der Waals surface area contributed by atoms with Crippen LogP contribution in [0.25, 0.3) is 0 Å². The number of carbonyl (C=O) groups is 2. The van der Waals surface area contributed by atoms with E-state index in [4.69, 9.17) is 11.6 Å². The molecule has 2 N–H and O–H groups in total. The summed E-state index contributed by atoms with van der Waals surface area (Å²) in [6.07, 6.45) is 2.88. The van der Waals surface area contributed by atoms with Crippen LogP contribution < -0.4 is 10.6 Å². The number of halogens is 1. The normalized spacial score (nSPS) is 15.5. The van der Waals surface area contributed by atoms with Crippen LogP contribution in [0.3, 0.4) is 0 Å². The average Bonchev–Trinajstić information content (AvgIpc) is 3.02. The quantitative estimate of drug-likeness (QED) is 0.891. The second-order valence-electron chi connectivity index (χ2n) is 5.60. The highest BCUT2D eigenvalue weighted by Crippen LogP contribution is 2.24. The van der Waals surface area contributed by atoms with Crippen molar-refractivity contribution in [3.8, 4) is 0 Å². The SMILES string of the molecule is CC[C@@H](C)NC(=O)Nc1ccc(Cl)cc1C(=O)N1CCCC1. The van der Waals surface area contributed by atoms with E-state index in [0.29, 0.717) is 16.3 Å². The lowest BCUT2D eigenvalue weighted by atomic mass is 10.1. The summed E-state index contributed by atoms with van der Waals surface area (Å²) in [7, 11) is 0. The molecule has 0 spiro atoms. The van der Waals surface area contributed by atoms with Crippen molar-refractivity contribution in [2.75, 3.05) is 18.4 Å². The van der Waals surface area contributed by atoms with Gasteiger partial charge in [0.05, 0.1) is 11.3 Å². The minimum atomic E-state index is -0.313. The number of anilines is 1. The minimum absolute atomic E-state index is 0.0741. The van der Waals surface area contributed by atoms with E-state index in [9.17, 15) is 9.59 Å². The van der Waals surface area contributed by atoms with Crippen molar-refractivity contribution in [3.05, 3.63) is 28.8 Å². The molecule has 1 atom stereocenters. The number of carbonyl (C=O) groups excluding carboxylic acids is 2. The summed E-state index contributed by atoms with van der Waals surface area (Å²) in [5, 5.41) is 6.05. The number of urea groups is 1. The van der Waals surface area contributed by atoms with E-state index in [1.165, 1.54) is 0 Å². The van der Waals surface area contributed by atoms with Crippen LogP contribution in [0.4, 0.5) is 10.5 Å². The Labute approximate surface area is 136 Å². The fourth-order valence-electron chi connectivity index (χ4n) is 2.38. The molecule has 1 fully saturated rings. The van der Waals surface area contributed by atoms with E-state index < -0.39 is 0 Å². The van der Waals surface area contributed by atoms with Gasteiger partial charge in [0.25, 0.3) is 5.91 Å². The molecule has 0 bridgehead atoms. The van der Waals surface area contributed by atoms with Crippen molar-refractivity contribution in [1.29, 1.82) is 0 Å². The molecule has 3 amide bonds. The molecule has 1 aliphatic heterocycles. The molecule has 2 rings (SSSR count). The molecular formula is C16H22ClN3O2. The summed E-state index contributed by atoms with van der Waals surface area (Å²) in [6.45, 7) is 5.43. The molecule has 5 nitrogen and oxygen atoms in total. The third-order valence-corrected chi connectivity index (χ3v) is 4.08. The van der Waals surface area contributed by atoms with Gasteiger partial charge in [-0.15, -0.1) is 0 Å². The van der Waals surface area contributed by atoms with Gasteiger partial charge >= 0.3 is 6.03 Å². The predicted octanol–water partition coefficient (Wildman–Crippen LogP) is 3.50. The van der Waals surface area contributed by atoms with Crippen LogP contribution in [-0.4, -0.2) is 36.0 Å². The van der Waals surface area contributed by atoms with Crippen LogP contribution in [-0.2, 0) is 0 Å². The van der Waals surface area contributed by atoms with Crippen LogP contribution in [0.5, 0.6) is 0 Å². The van der Waals surface area contributed by atoms with Gasteiger partial charge in [-0.05, 0) is 44.4 Å². The molecule has 0 aromatic heterocycles. The predicted molar refractivity (Wildman–Crippen MR) is 88.5 cm³/mol. The van der Waals surface area contributed by atoms with E-state index in [2.05, 4.69) is 10.6 Å². The fraction of sp³-hybridized carbons (Fsp3) is 0.500. The monoisotopic (exact) mass is 323 g/mol. The molecule has 22 heavy (non-hydrogen) atoms. The molecule has 0 radical (unpaired) electrons. The van der Waals surface area contributed by atoms with Gasteiger partial charge in [0.1, 0.15) is 0 Å². The van der Waals surface area contributed by atoms with E-state index in [-0.39, 0.29) is 18.0 Å². The van der Waals surface area contributed by atoms with Gasteiger partial charge in [-0.25, -0.2) is 4.79 Å². The number of hydrogen-bond acceptors (Lipinski definition) is 2. The van der Waals surface area contributed by atoms with Crippen LogP contribution in [0.15, 0.2) is 18.2 Å². The van der Waals surface area contributed by atoms with E-state index in [1.54, 1.807) is 23.1 Å². The first-order chi connectivity index (χ1) is 10.5. The second kappa shape index (κ2) is 7.49. The van der Waals surface area contributed by atoms with Crippen molar-refractivity contribution in [2.24, 2.45) is 0 Å². The molecule has 120 valence electrons. The Morgan fingerprint density at radius 1 is 1.32 bits per heavy atom. The maximum absolute atomic E-state index is 12.6. The topological polar surface area (TPSA) is 61.4 Å². The molecule has 0 aliphatic carbocycles. The molecule has 0 unspecified atom stereocenters. The zero-order valence-electron chi connectivity index (χ0n) is 13.0. The van der Waals surface area contributed by atoms with Gasteiger partial charge in [-0.3, -0.25) is 4.79 Å². The number of likely N-dealkylation sites (tertiary alicyclic amines) is 1. The van der Waals surface area contributed by atoms with E-state index in [0.717, 1.165) is 32.4 Å². The smallest absolute Gasteiger partial charge is 0.319 e. The summed E-state index contributed by atoms with van der Waals surface area (Å²) in [5.74, 6) is -0.0844. The Kier molecular flexibility index (Phi) is 5.66. The van der Waals surface area contributed by atoms with Gasteiger partial charge in [-0.1, -0.05) is 18.5 Å². The largest absolute Gasteiger partial charge is 0.339 e. The molecule has 1 saturated heterocycles. The minimum Gasteiger partial charge on any atom is -0.339 e. The summed E-state index contributed by atoms with van der Waals surface area (Å²) in [4.78, 5) is 26.4. The van der Waals surface area contributed by atoms with Gasteiger partial charge in [-0.2, -0.15) is 0 Å². The molecule has 1 heterocycles. The first kappa shape index (κ1) is 16.6. The highest BCUT2D eigenvalue weighted by Gasteiger charge is 2.23. The van der Waals surface area contributed by atoms with Crippen molar-refractivity contribution in [3.63, 3.8) is 0 Å². The average molecular weight is 324 g/mol. The van der Waals surface area contributed by atoms with Crippen LogP contribution in [0.1, 0.15) is 43.5 Å². The lowest BCUT2D eigenvalue weighted by molar-refractivity contribution is 0.0794. The van der Waals surface area contributed by atoms with Gasteiger partial charge in [0.2, 0.25) is 0 Å². The zero-order valence-corrected chi connectivity index (χ0v) is 13.7. The molecule has 6 heteroatoms. The third kappa shape index (κ3) is 4.13. The number of hydrogen-bond donors (Lipinski definition) is 2. The molecular weight excluding hydrogens is 302 g/mol. The number of benzene rings is 1. The van der Waals surface area contributed by atoms with Crippen LogP contribution >= 0.6 is 11.6 Å². The van der Waals surface area contributed by atoms with Crippen molar-refractivity contribution < 1.29 is 9.59 Å². The van der Waals surface area contributed by atoms with E-state index >= 15 is 0 Å². The molecule has 1 aromatic rings. The fourth-order valence-corrected chi connectivity index (χ4v) is 2.55. The summed E-state index contributed by atoms with van der Waals surface area (Å²) >= 11 is 6.01. The summed E-state index contributed by atoms with van der Waals surface area (Å²) < 4.78 is 0. The Morgan fingerprint density at radius 3 is 2.64 bits per heavy atom. The van der Waals surface area contributed by atoms with E-state index in [1.807, 2.05) is 13.8 Å². The number of nitrogens with zero attached hydrogens (tertiary/aromatic N) is 1. The Balaban J connectivity index is 2.16. The first-order valence-electron chi connectivity index (χ1n) is 7.67. The van der Waals surface area contributed by atoms with Crippen LogP contribution in [0.2, 0.25) is 5.02 Å². The summed E-state index contributed by atoms with van der Waals surface area (Å²) in [6, 6.07) is 4.71. The summed E-state index contributed by atoms with van der Waals surface area (Å²) in [5.41, 5.74) is 0.927. The van der Waals surface area contributed by atoms with Gasteiger partial charge in [0.15, 0.2) is 0 Å². The molecule has 1 aromatic carbocycles.